The second-order valence-electron chi connectivity index (χ2n) is 7.26. The number of rotatable bonds is 4. The highest BCUT2D eigenvalue weighted by Gasteiger charge is 2.31. The third-order valence-electron chi connectivity index (χ3n) is 5.36. The number of piperazine rings is 1. The summed E-state index contributed by atoms with van der Waals surface area (Å²) in [6.45, 7) is 0.591. The van der Waals surface area contributed by atoms with Crippen LogP contribution in [0.4, 0.5) is 5.69 Å². The molecule has 1 N–H and O–H groups in total. The molecule has 31 heavy (non-hydrogen) atoms. The summed E-state index contributed by atoms with van der Waals surface area (Å²) in [4.78, 5) is 38.0. The molecule has 2 aromatic rings. The van der Waals surface area contributed by atoms with Gasteiger partial charge in [0.1, 0.15) is 0 Å². The number of nitrogens with one attached hydrogen (secondary N) is 1. The Hall–Kier alpha value is -3.24. The standard InChI is InChI=1S/C21H21N3O6S/c1-30-21(27)16-5-6-18-14(11-16)7-9-24(18)20(26)15-3-2-4-17(12-15)31(28,29)23-10-8-22-19(25)13-23/h2-6,11-12H,7-10,13H2,1H3,(H,22,25). The third-order valence-corrected chi connectivity index (χ3v) is 7.20. The number of sulfonamides is 1. The van der Waals surface area contributed by atoms with Gasteiger partial charge in [0.05, 0.1) is 24.1 Å². The Labute approximate surface area is 179 Å². The van der Waals surface area contributed by atoms with Crippen molar-refractivity contribution < 1.29 is 27.5 Å². The van der Waals surface area contributed by atoms with E-state index in [1.165, 1.54) is 25.3 Å². The third kappa shape index (κ3) is 3.91. The van der Waals surface area contributed by atoms with E-state index in [1.54, 1.807) is 29.2 Å². The maximum absolute atomic E-state index is 13.2. The molecule has 1 fully saturated rings. The van der Waals surface area contributed by atoms with E-state index in [9.17, 15) is 22.8 Å². The van der Waals surface area contributed by atoms with Crippen LogP contribution in [0, 0.1) is 0 Å². The molecule has 1 saturated heterocycles. The first-order valence-corrected chi connectivity index (χ1v) is 11.2. The number of esters is 1. The highest BCUT2D eigenvalue weighted by atomic mass is 32.2. The minimum absolute atomic E-state index is 0.0338. The Bertz CT molecular complexity index is 1180. The quantitative estimate of drug-likeness (QED) is 0.700. The highest BCUT2D eigenvalue weighted by Crippen LogP contribution is 2.31. The Morgan fingerprint density at radius 1 is 1.06 bits per heavy atom. The molecule has 0 saturated carbocycles. The number of nitrogens with zero attached hydrogens (tertiary/aromatic N) is 2. The van der Waals surface area contributed by atoms with Gasteiger partial charge < -0.3 is 15.0 Å². The Balaban J connectivity index is 1.60. The van der Waals surface area contributed by atoms with Crippen LogP contribution in [0.3, 0.4) is 0 Å². The summed E-state index contributed by atoms with van der Waals surface area (Å²) in [5, 5.41) is 2.59. The zero-order valence-electron chi connectivity index (χ0n) is 16.8. The Morgan fingerprint density at radius 2 is 1.87 bits per heavy atom. The molecule has 0 atom stereocenters. The van der Waals surface area contributed by atoms with Gasteiger partial charge in [-0.1, -0.05) is 6.07 Å². The van der Waals surface area contributed by atoms with Crippen molar-refractivity contribution in [1.82, 2.24) is 9.62 Å². The normalized spacial score (nSPS) is 16.5. The first kappa shape index (κ1) is 21.0. The van der Waals surface area contributed by atoms with Crippen molar-refractivity contribution >= 4 is 33.5 Å². The number of benzene rings is 2. The van der Waals surface area contributed by atoms with Crippen molar-refractivity contribution in [3.63, 3.8) is 0 Å². The van der Waals surface area contributed by atoms with E-state index < -0.39 is 16.0 Å². The van der Waals surface area contributed by atoms with Gasteiger partial charge in [-0.05, 0) is 48.4 Å². The number of methoxy groups -OCH3 is 1. The molecular formula is C21H21N3O6S. The minimum Gasteiger partial charge on any atom is -0.465 e. The molecule has 4 rings (SSSR count). The fourth-order valence-electron chi connectivity index (χ4n) is 3.77. The number of ether oxygens (including phenoxy) is 1. The van der Waals surface area contributed by atoms with Crippen LogP contribution in [-0.2, 0) is 26.0 Å². The smallest absolute Gasteiger partial charge is 0.337 e. The lowest BCUT2D eigenvalue weighted by Crippen LogP contribution is -2.49. The van der Waals surface area contributed by atoms with Crippen LogP contribution >= 0.6 is 0 Å². The number of hydrogen-bond acceptors (Lipinski definition) is 6. The molecular weight excluding hydrogens is 422 g/mol. The van der Waals surface area contributed by atoms with Crippen LogP contribution < -0.4 is 10.2 Å². The SMILES string of the molecule is COC(=O)c1ccc2c(c1)CCN2C(=O)c1cccc(S(=O)(=O)N2CCNC(=O)C2)c1. The molecule has 10 heteroatoms. The second-order valence-corrected chi connectivity index (χ2v) is 9.20. The van der Waals surface area contributed by atoms with Crippen LogP contribution in [0.25, 0.3) is 0 Å². The van der Waals surface area contributed by atoms with Crippen molar-refractivity contribution in [3.05, 3.63) is 59.2 Å². The minimum atomic E-state index is -3.90. The summed E-state index contributed by atoms with van der Waals surface area (Å²) >= 11 is 0. The molecule has 2 aliphatic heterocycles. The first-order valence-electron chi connectivity index (χ1n) is 9.71. The largest absolute Gasteiger partial charge is 0.465 e. The predicted octanol–water partition coefficient (Wildman–Crippen LogP) is 0.797. The molecule has 0 aromatic heterocycles. The van der Waals surface area contributed by atoms with Crippen LogP contribution in [0.15, 0.2) is 47.4 Å². The molecule has 0 spiro atoms. The molecule has 2 aromatic carbocycles. The van der Waals surface area contributed by atoms with Gasteiger partial charge in [-0.15, -0.1) is 0 Å². The van der Waals surface area contributed by atoms with E-state index in [4.69, 9.17) is 4.74 Å². The number of fused-ring (bicyclic) bond motifs is 1. The molecule has 0 unspecified atom stereocenters. The fraction of sp³-hybridized carbons (Fsp3) is 0.286. The topological polar surface area (TPSA) is 113 Å². The fourth-order valence-corrected chi connectivity index (χ4v) is 5.22. The van der Waals surface area contributed by atoms with Gasteiger partial charge in [-0.3, -0.25) is 9.59 Å². The van der Waals surface area contributed by atoms with E-state index in [0.717, 1.165) is 9.87 Å². The molecule has 0 radical (unpaired) electrons. The molecule has 2 aliphatic rings. The number of anilines is 1. The summed E-state index contributed by atoms with van der Waals surface area (Å²) < 4.78 is 31.7. The zero-order chi connectivity index (χ0) is 22.2. The zero-order valence-corrected chi connectivity index (χ0v) is 17.6. The van der Waals surface area contributed by atoms with E-state index in [-0.39, 0.29) is 41.9 Å². The van der Waals surface area contributed by atoms with Crippen molar-refractivity contribution in [2.24, 2.45) is 0 Å². The lowest BCUT2D eigenvalue weighted by Gasteiger charge is -2.26. The summed E-state index contributed by atoms with van der Waals surface area (Å²) in [6.07, 6.45) is 0.576. The van der Waals surface area contributed by atoms with E-state index in [0.29, 0.717) is 24.2 Å². The lowest BCUT2D eigenvalue weighted by molar-refractivity contribution is -0.122. The van der Waals surface area contributed by atoms with E-state index in [1.807, 2.05) is 0 Å². The van der Waals surface area contributed by atoms with Crippen molar-refractivity contribution in [1.29, 1.82) is 0 Å². The van der Waals surface area contributed by atoms with Gasteiger partial charge in [0.2, 0.25) is 15.9 Å². The monoisotopic (exact) mass is 443 g/mol. The van der Waals surface area contributed by atoms with Crippen LogP contribution in [0.2, 0.25) is 0 Å². The number of amides is 2. The van der Waals surface area contributed by atoms with Crippen LogP contribution in [0.5, 0.6) is 0 Å². The number of hydrogen-bond donors (Lipinski definition) is 1. The van der Waals surface area contributed by atoms with Gasteiger partial charge in [0.25, 0.3) is 5.91 Å². The van der Waals surface area contributed by atoms with Gasteiger partial charge in [0.15, 0.2) is 0 Å². The van der Waals surface area contributed by atoms with Gasteiger partial charge in [-0.25, -0.2) is 13.2 Å². The second kappa shape index (κ2) is 8.12. The molecule has 162 valence electrons. The summed E-state index contributed by atoms with van der Waals surface area (Å²) in [5.41, 5.74) is 2.17. The average molecular weight is 443 g/mol. The summed E-state index contributed by atoms with van der Waals surface area (Å²) in [6, 6.07) is 10.8. The van der Waals surface area contributed by atoms with Gasteiger partial charge >= 0.3 is 5.97 Å². The Morgan fingerprint density at radius 3 is 2.61 bits per heavy atom. The van der Waals surface area contributed by atoms with Gasteiger partial charge in [0, 0.05) is 30.9 Å². The predicted molar refractivity (Wildman–Crippen MR) is 111 cm³/mol. The van der Waals surface area contributed by atoms with Gasteiger partial charge in [-0.2, -0.15) is 4.31 Å². The molecule has 2 amide bonds. The van der Waals surface area contributed by atoms with Crippen LogP contribution in [0.1, 0.15) is 26.3 Å². The van der Waals surface area contributed by atoms with Crippen molar-refractivity contribution in [2.45, 2.75) is 11.3 Å². The van der Waals surface area contributed by atoms with Crippen molar-refractivity contribution in [2.75, 3.05) is 38.2 Å². The van der Waals surface area contributed by atoms with E-state index >= 15 is 0 Å². The summed E-state index contributed by atoms with van der Waals surface area (Å²) in [5.74, 6) is -1.14. The summed E-state index contributed by atoms with van der Waals surface area (Å²) in [7, 11) is -2.59. The molecule has 0 aliphatic carbocycles. The lowest BCUT2D eigenvalue weighted by atomic mass is 10.1. The number of carbonyl (C=O) groups excluding carboxylic acids is 3. The molecule has 9 nitrogen and oxygen atoms in total. The maximum Gasteiger partial charge on any atom is 0.337 e. The maximum atomic E-state index is 13.2. The van der Waals surface area contributed by atoms with E-state index in [2.05, 4.69) is 5.32 Å². The van der Waals surface area contributed by atoms with Crippen LogP contribution in [-0.4, -0.2) is 63.8 Å². The first-order chi connectivity index (χ1) is 14.8. The number of carbonyl (C=O) groups is 3. The molecule has 0 bridgehead atoms. The van der Waals surface area contributed by atoms with Crippen molar-refractivity contribution in [3.8, 4) is 0 Å². The molecule has 2 heterocycles. The Kier molecular flexibility index (Phi) is 5.50. The average Bonchev–Trinajstić information content (AvgIpc) is 3.21. The highest BCUT2D eigenvalue weighted by molar-refractivity contribution is 7.89.